The third-order valence-corrected chi connectivity index (χ3v) is 3.61. The van der Waals surface area contributed by atoms with Gasteiger partial charge in [-0.1, -0.05) is 0 Å². The highest BCUT2D eigenvalue weighted by Crippen LogP contribution is 2.13. The van der Waals surface area contributed by atoms with Crippen LogP contribution in [0.1, 0.15) is 12.8 Å². The van der Waals surface area contributed by atoms with Gasteiger partial charge in [-0.25, -0.2) is 0 Å². The lowest BCUT2D eigenvalue weighted by molar-refractivity contribution is 0.309. The summed E-state index contributed by atoms with van der Waals surface area (Å²) in [5, 5.41) is 6.70. The number of likely N-dealkylation sites (N-methyl/N-ethyl adjacent to an activating group) is 1. The van der Waals surface area contributed by atoms with Crippen molar-refractivity contribution in [2.24, 2.45) is 4.99 Å². The molecular formula is C11H24N4S. The van der Waals surface area contributed by atoms with Crippen LogP contribution in [-0.4, -0.2) is 62.6 Å². The number of rotatable bonds is 5. The van der Waals surface area contributed by atoms with E-state index in [1.807, 2.05) is 18.8 Å². The summed E-state index contributed by atoms with van der Waals surface area (Å²) in [5.41, 5.74) is 0. The Morgan fingerprint density at radius 1 is 1.50 bits per heavy atom. The molecule has 4 nitrogen and oxygen atoms in total. The molecule has 0 aromatic carbocycles. The maximum Gasteiger partial charge on any atom is 0.191 e. The van der Waals surface area contributed by atoms with Crippen LogP contribution in [0, 0.1) is 0 Å². The van der Waals surface area contributed by atoms with Crippen molar-refractivity contribution in [3.8, 4) is 0 Å². The molecule has 2 N–H and O–H groups in total. The van der Waals surface area contributed by atoms with Crippen molar-refractivity contribution in [3.63, 3.8) is 0 Å². The average molecular weight is 244 g/mol. The summed E-state index contributed by atoms with van der Waals surface area (Å²) >= 11 is 1.84. The minimum absolute atomic E-state index is 0.666. The van der Waals surface area contributed by atoms with Crippen LogP contribution in [0.15, 0.2) is 4.99 Å². The summed E-state index contributed by atoms with van der Waals surface area (Å²) in [5.74, 6) is 2.04. The second-order valence-electron chi connectivity index (χ2n) is 4.15. The Balaban J connectivity index is 2.18. The normalized spacial score (nSPS) is 22.4. The minimum atomic E-state index is 0.666. The van der Waals surface area contributed by atoms with Gasteiger partial charge in [0, 0.05) is 31.9 Å². The zero-order valence-corrected chi connectivity index (χ0v) is 11.4. The molecule has 16 heavy (non-hydrogen) atoms. The fourth-order valence-corrected chi connectivity index (χ4v) is 2.25. The van der Waals surface area contributed by atoms with E-state index in [4.69, 9.17) is 0 Å². The predicted molar refractivity (Wildman–Crippen MR) is 73.4 cm³/mol. The van der Waals surface area contributed by atoms with Gasteiger partial charge in [0.1, 0.15) is 0 Å². The van der Waals surface area contributed by atoms with E-state index in [9.17, 15) is 0 Å². The van der Waals surface area contributed by atoms with Crippen molar-refractivity contribution in [2.45, 2.75) is 18.9 Å². The van der Waals surface area contributed by atoms with E-state index in [-0.39, 0.29) is 0 Å². The van der Waals surface area contributed by atoms with Gasteiger partial charge in [-0.15, -0.1) is 0 Å². The molecule has 0 radical (unpaired) electrons. The van der Waals surface area contributed by atoms with Crippen LogP contribution in [0.25, 0.3) is 0 Å². The van der Waals surface area contributed by atoms with Gasteiger partial charge in [0.15, 0.2) is 5.96 Å². The first-order valence-corrected chi connectivity index (χ1v) is 7.31. The van der Waals surface area contributed by atoms with Crippen LogP contribution >= 0.6 is 11.8 Å². The Hall–Kier alpha value is -0.420. The molecule has 1 heterocycles. The van der Waals surface area contributed by atoms with E-state index in [1.54, 1.807) is 0 Å². The number of hydrogen-bond acceptors (Lipinski definition) is 3. The zero-order chi connectivity index (χ0) is 11.8. The van der Waals surface area contributed by atoms with E-state index in [0.717, 1.165) is 24.8 Å². The number of likely N-dealkylation sites (tertiary alicyclic amines) is 1. The highest BCUT2D eigenvalue weighted by Gasteiger charge is 2.20. The topological polar surface area (TPSA) is 39.7 Å². The lowest BCUT2D eigenvalue weighted by Gasteiger charge is -2.21. The maximum absolute atomic E-state index is 4.21. The molecule has 0 aromatic rings. The van der Waals surface area contributed by atoms with E-state index in [0.29, 0.717) is 6.04 Å². The molecule has 5 heteroatoms. The van der Waals surface area contributed by atoms with E-state index < -0.39 is 0 Å². The highest BCUT2D eigenvalue weighted by atomic mass is 32.2. The van der Waals surface area contributed by atoms with Crippen molar-refractivity contribution in [1.82, 2.24) is 15.5 Å². The first-order chi connectivity index (χ1) is 7.77. The van der Waals surface area contributed by atoms with Crippen LogP contribution in [-0.2, 0) is 0 Å². The lowest BCUT2D eigenvalue weighted by atomic mass is 10.2. The smallest absolute Gasteiger partial charge is 0.191 e. The van der Waals surface area contributed by atoms with Gasteiger partial charge in [0.2, 0.25) is 0 Å². The molecule has 0 aromatic heterocycles. The summed E-state index contributed by atoms with van der Waals surface area (Å²) in [4.78, 5) is 6.63. The van der Waals surface area contributed by atoms with Crippen LogP contribution in [0.4, 0.5) is 0 Å². The Morgan fingerprint density at radius 3 is 2.88 bits per heavy atom. The standard InChI is InChI=1S/C11H24N4S/c1-12-11(13-6-8-16-3)14-9-10-5-4-7-15(10)2/h10H,4-9H2,1-3H3,(H2,12,13,14). The number of nitrogens with zero attached hydrogens (tertiary/aromatic N) is 2. The quantitative estimate of drug-likeness (QED) is 0.422. The Bertz CT molecular complexity index is 220. The van der Waals surface area contributed by atoms with Gasteiger partial charge in [0.25, 0.3) is 0 Å². The molecule has 0 saturated carbocycles. The third kappa shape index (κ3) is 4.61. The molecule has 1 fully saturated rings. The maximum atomic E-state index is 4.21. The molecule has 1 aliphatic rings. The average Bonchev–Trinajstić information content (AvgIpc) is 2.69. The number of hydrogen-bond donors (Lipinski definition) is 2. The fraction of sp³-hybridized carbons (Fsp3) is 0.909. The molecule has 1 atom stereocenters. The van der Waals surface area contributed by atoms with Crippen molar-refractivity contribution < 1.29 is 0 Å². The van der Waals surface area contributed by atoms with Crippen molar-refractivity contribution >= 4 is 17.7 Å². The fourth-order valence-electron chi connectivity index (χ4n) is 1.94. The predicted octanol–water partition coefficient (Wildman–Crippen LogP) is 0.609. The molecule has 94 valence electrons. The lowest BCUT2D eigenvalue weighted by Crippen LogP contribution is -2.44. The molecular weight excluding hydrogens is 220 g/mol. The van der Waals surface area contributed by atoms with Crippen molar-refractivity contribution in [1.29, 1.82) is 0 Å². The summed E-state index contributed by atoms with van der Waals surface area (Å²) in [6, 6.07) is 0.666. The molecule has 0 bridgehead atoms. The minimum Gasteiger partial charge on any atom is -0.356 e. The Labute approximate surface area is 103 Å². The van der Waals surface area contributed by atoms with Gasteiger partial charge in [-0.3, -0.25) is 4.99 Å². The van der Waals surface area contributed by atoms with E-state index in [1.165, 1.54) is 19.4 Å². The Kier molecular flexibility index (Phi) is 6.64. The largest absolute Gasteiger partial charge is 0.356 e. The third-order valence-electron chi connectivity index (χ3n) is 3.00. The first-order valence-electron chi connectivity index (χ1n) is 5.91. The zero-order valence-electron chi connectivity index (χ0n) is 10.6. The number of aliphatic imine (C=N–C) groups is 1. The van der Waals surface area contributed by atoms with E-state index >= 15 is 0 Å². The molecule has 0 aliphatic carbocycles. The van der Waals surface area contributed by atoms with Crippen LogP contribution in [0.3, 0.4) is 0 Å². The highest BCUT2D eigenvalue weighted by molar-refractivity contribution is 7.98. The van der Waals surface area contributed by atoms with Gasteiger partial charge < -0.3 is 15.5 Å². The van der Waals surface area contributed by atoms with E-state index in [2.05, 4.69) is 33.8 Å². The molecule has 1 saturated heterocycles. The first kappa shape index (κ1) is 13.6. The molecule has 0 amide bonds. The summed E-state index contributed by atoms with van der Waals surface area (Å²) in [6.45, 7) is 3.20. The van der Waals surface area contributed by atoms with Crippen molar-refractivity contribution in [3.05, 3.63) is 0 Å². The van der Waals surface area contributed by atoms with Gasteiger partial charge >= 0.3 is 0 Å². The second kappa shape index (κ2) is 7.79. The van der Waals surface area contributed by atoms with Gasteiger partial charge in [-0.05, 0) is 32.7 Å². The second-order valence-corrected chi connectivity index (χ2v) is 5.13. The number of guanidine groups is 1. The molecule has 1 unspecified atom stereocenters. The van der Waals surface area contributed by atoms with Crippen LogP contribution in [0.5, 0.6) is 0 Å². The van der Waals surface area contributed by atoms with Gasteiger partial charge in [-0.2, -0.15) is 11.8 Å². The Morgan fingerprint density at radius 2 is 2.31 bits per heavy atom. The molecule has 1 rings (SSSR count). The van der Waals surface area contributed by atoms with Gasteiger partial charge in [0.05, 0.1) is 0 Å². The summed E-state index contributed by atoms with van der Waals surface area (Å²) < 4.78 is 0. The van der Waals surface area contributed by atoms with Crippen LogP contribution in [0.2, 0.25) is 0 Å². The monoisotopic (exact) mass is 244 g/mol. The molecule has 1 aliphatic heterocycles. The molecule has 0 spiro atoms. The SMILES string of the molecule is CN=C(NCCSC)NCC1CCCN1C. The van der Waals surface area contributed by atoms with Crippen LogP contribution < -0.4 is 10.6 Å². The number of thioether (sulfide) groups is 1. The number of nitrogens with one attached hydrogen (secondary N) is 2. The summed E-state index contributed by atoms with van der Waals surface area (Å²) in [6.07, 6.45) is 4.73. The summed E-state index contributed by atoms with van der Waals surface area (Å²) in [7, 11) is 4.02. The van der Waals surface area contributed by atoms with Crippen molar-refractivity contribution in [2.75, 3.05) is 45.7 Å².